The Bertz CT molecular complexity index is 1020. The third-order valence-electron chi connectivity index (χ3n) is 4.52. The van der Waals surface area contributed by atoms with Gasteiger partial charge < -0.3 is 9.47 Å². The molecule has 0 aliphatic carbocycles. The van der Waals surface area contributed by atoms with Crippen LogP contribution in [0, 0.1) is 0 Å². The number of nitrogens with zero attached hydrogens (tertiary/aromatic N) is 1. The molecule has 0 spiro atoms. The molecule has 1 saturated heterocycles. The van der Waals surface area contributed by atoms with E-state index in [0.29, 0.717) is 41.0 Å². The van der Waals surface area contributed by atoms with Crippen molar-refractivity contribution in [2.45, 2.75) is 26.7 Å². The number of hydrogen-bond acceptors (Lipinski definition) is 5. The van der Waals surface area contributed by atoms with Gasteiger partial charge in [0.2, 0.25) is 0 Å². The highest BCUT2D eigenvalue weighted by atomic mass is 35.5. The number of rotatable bonds is 8. The number of nitrogens with one attached hydrogen (secondary N) is 1. The van der Waals surface area contributed by atoms with Crippen LogP contribution in [0.15, 0.2) is 48.0 Å². The van der Waals surface area contributed by atoms with Crippen molar-refractivity contribution < 1.29 is 23.9 Å². The minimum absolute atomic E-state index is 0.170. The van der Waals surface area contributed by atoms with Crippen LogP contribution in [0.2, 0.25) is 5.02 Å². The molecule has 8 heteroatoms. The van der Waals surface area contributed by atoms with Crippen LogP contribution < -0.4 is 19.7 Å². The summed E-state index contributed by atoms with van der Waals surface area (Å²) in [6, 6.07) is 10.5. The average molecular weight is 443 g/mol. The highest BCUT2D eigenvalue weighted by molar-refractivity contribution is 6.39. The number of anilines is 1. The fraction of sp³-hybridized carbons (Fsp3) is 0.261. The van der Waals surface area contributed by atoms with Crippen molar-refractivity contribution in [1.29, 1.82) is 0 Å². The van der Waals surface area contributed by atoms with Gasteiger partial charge in [-0.2, -0.15) is 0 Å². The van der Waals surface area contributed by atoms with Gasteiger partial charge in [0.05, 0.1) is 18.9 Å². The Morgan fingerprint density at radius 2 is 1.74 bits per heavy atom. The molecule has 0 bridgehead atoms. The standard InChI is InChI=1S/C23H23ClN2O5/c1-3-5-12-31-19-11-6-15(14-20(19)30-4-2)13-18-21(27)25-23(29)26(22(18)28)17-9-7-16(24)8-10-17/h6-11,13-14H,3-5,12H2,1-2H3,(H,25,27,29). The second-order valence-corrected chi connectivity index (χ2v) is 7.21. The third-order valence-corrected chi connectivity index (χ3v) is 4.77. The minimum atomic E-state index is -0.816. The molecular weight excluding hydrogens is 420 g/mol. The number of imide groups is 2. The Balaban J connectivity index is 1.92. The number of urea groups is 1. The van der Waals surface area contributed by atoms with E-state index in [1.807, 2.05) is 6.92 Å². The molecule has 162 valence electrons. The van der Waals surface area contributed by atoms with Crippen molar-refractivity contribution in [2.75, 3.05) is 18.1 Å². The summed E-state index contributed by atoms with van der Waals surface area (Å²) < 4.78 is 11.4. The minimum Gasteiger partial charge on any atom is -0.490 e. The van der Waals surface area contributed by atoms with Crippen molar-refractivity contribution in [3.8, 4) is 11.5 Å². The van der Waals surface area contributed by atoms with Crippen LogP contribution in [-0.4, -0.2) is 31.1 Å². The van der Waals surface area contributed by atoms with E-state index in [1.165, 1.54) is 18.2 Å². The lowest BCUT2D eigenvalue weighted by Gasteiger charge is -2.26. The SMILES string of the molecule is CCCCOc1ccc(C=C2C(=O)NC(=O)N(c3ccc(Cl)cc3)C2=O)cc1OCC. The summed E-state index contributed by atoms with van der Waals surface area (Å²) >= 11 is 5.88. The first-order valence-electron chi connectivity index (χ1n) is 10.0. The zero-order chi connectivity index (χ0) is 22.4. The van der Waals surface area contributed by atoms with E-state index >= 15 is 0 Å². The summed E-state index contributed by atoms with van der Waals surface area (Å²) in [7, 11) is 0. The van der Waals surface area contributed by atoms with Gasteiger partial charge in [-0.25, -0.2) is 9.69 Å². The van der Waals surface area contributed by atoms with Crippen molar-refractivity contribution in [2.24, 2.45) is 0 Å². The van der Waals surface area contributed by atoms with Crippen molar-refractivity contribution >= 4 is 41.2 Å². The van der Waals surface area contributed by atoms with Crippen molar-refractivity contribution in [3.63, 3.8) is 0 Å². The number of halogens is 1. The zero-order valence-electron chi connectivity index (χ0n) is 17.3. The number of amides is 4. The second-order valence-electron chi connectivity index (χ2n) is 6.78. The van der Waals surface area contributed by atoms with Crippen LogP contribution in [0.3, 0.4) is 0 Å². The Kier molecular flexibility index (Phi) is 7.31. The molecule has 1 N–H and O–H groups in total. The predicted molar refractivity (Wildman–Crippen MR) is 118 cm³/mol. The van der Waals surface area contributed by atoms with Gasteiger partial charge in [-0.05, 0) is 61.4 Å². The Morgan fingerprint density at radius 3 is 2.42 bits per heavy atom. The smallest absolute Gasteiger partial charge is 0.335 e. The van der Waals surface area contributed by atoms with E-state index in [4.69, 9.17) is 21.1 Å². The molecule has 31 heavy (non-hydrogen) atoms. The van der Waals surface area contributed by atoms with E-state index in [0.717, 1.165) is 17.7 Å². The van der Waals surface area contributed by atoms with E-state index in [-0.39, 0.29) is 5.57 Å². The molecule has 1 heterocycles. The van der Waals surface area contributed by atoms with E-state index in [2.05, 4.69) is 12.2 Å². The van der Waals surface area contributed by atoms with Gasteiger partial charge in [-0.3, -0.25) is 14.9 Å². The van der Waals surface area contributed by atoms with Gasteiger partial charge in [0.25, 0.3) is 11.8 Å². The summed E-state index contributed by atoms with van der Waals surface area (Å²) in [5.41, 5.74) is 0.701. The Hall–Kier alpha value is -3.32. The van der Waals surface area contributed by atoms with Gasteiger partial charge in [-0.1, -0.05) is 31.0 Å². The van der Waals surface area contributed by atoms with Gasteiger partial charge in [0, 0.05) is 5.02 Å². The van der Waals surface area contributed by atoms with Crippen LogP contribution in [0.25, 0.3) is 6.08 Å². The van der Waals surface area contributed by atoms with E-state index in [9.17, 15) is 14.4 Å². The lowest BCUT2D eigenvalue weighted by atomic mass is 10.1. The van der Waals surface area contributed by atoms with Gasteiger partial charge in [0.1, 0.15) is 5.57 Å². The highest BCUT2D eigenvalue weighted by Crippen LogP contribution is 2.30. The monoisotopic (exact) mass is 442 g/mol. The zero-order valence-corrected chi connectivity index (χ0v) is 18.1. The third kappa shape index (κ3) is 5.24. The molecule has 1 aliphatic heterocycles. The van der Waals surface area contributed by atoms with Crippen molar-refractivity contribution in [3.05, 3.63) is 58.6 Å². The molecule has 1 fully saturated rings. The quantitative estimate of drug-likeness (QED) is 0.367. The van der Waals surface area contributed by atoms with E-state index in [1.54, 1.807) is 30.3 Å². The molecule has 0 radical (unpaired) electrons. The summed E-state index contributed by atoms with van der Waals surface area (Å²) in [5, 5.41) is 2.66. The molecule has 1 aliphatic rings. The molecule has 0 saturated carbocycles. The molecule has 2 aromatic carbocycles. The van der Waals surface area contributed by atoms with Gasteiger partial charge in [-0.15, -0.1) is 0 Å². The predicted octanol–water partition coefficient (Wildman–Crippen LogP) is 4.58. The topological polar surface area (TPSA) is 84.9 Å². The summed E-state index contributed by atoms with van der Waals surface area (Å²) in [6.45, 7) is 4.93. The maximum absolute atomic E-state index is 13.0. The number of carbonyl (C=O) groups excluding carboxylic acids is 3. The molecule has 0 atom stereocenters. The fourth-order valence-electron chi connectivity index (χ4n) is 2.98. The maximum Gasteiger partial charge on any atom is 0.335 e. The molecule has 4 amide bonds. The fourth-order valence-corrected chi connectivity index (χ4v) is 3.10. The Labute approximate surface area is 185 Å². The Morgan fingerprint density at radius 1 is 1.00 bits per heavy atom. The highest BCUT2D eigenvalue weighted by Gasteiger charge is 2.36. The number of hydrogen-bond donors (Lipinski definition) is 1. The molecule has 0 aromatic heterocycles. The number of ether oxygens (including phenoxy) is 2. The summed E-state index contributed by atoms with van der Waals surface area (Å²) in [5.74, 6) is -0.379. The molecule has 3 rings (SSSR count). The van der Waals surface area contributed by atoms with Crippen LogP contribution in [0.4, 0.5) is 10.5 Å². The van der Waals surface area contributed by atoms with Crippen LogP contribution in [-0.2, 0) is 9.59 Å². The normalized spacial score (nSPS) is 15.3. The first-order chi connectivity index (χ1) is 14.9. The van der Waals surface area contributed by atoms with Gasteiger partial charge >= 0.3 is 6.03 Å². The van der Waals surface area contributed by atoms with Crippen molar-refractivity contribution in [1.82, 2.24) is 5.32 Å². The lowest BCUT2D eigenvalue weighted by molar-refractivity contribution is -0.122. The first kappa shape index (κ1) is 22.4. The molecule has 0 unspecified atom stereocenters. The number of carbonyl (C=O) groups is 3. The number of unbranched alkanes of at least 4 members (excludes halogenated alkanes) is 1. The summed E-state index contributed by atoms with van der Waals surface area (Å²) in [6.07, 6.45) is 3.35. The van der Waals surface area contributed by atoms with Crippen LogP contribution in [0.1, 0.15) is 32.3 Å². The van der Waals surface area contributed by atoms with Gasteiger partial charge in [0.15, 0.2) is 11.5 Å². The molecule has 7 nitrogen and oxygen atoms in total. The largest absolute Gasteiger partial charge is 0.490 e. The van der Waals surface area contributed by atoms with Crippen LogP contribution in [0.5, 0.6) is 11.5 Å². The molecular formula is C23H23ClN2O5. The number of benzene rings is 2. The molecule has 2 aromatic rings. The van der Waals surface area contributed by atoms with Crippen LogP contribution >= 0.6 is 11.6 Å². The average Bonchev–Trinajstić information content (AvgIpc) is 2.74. The lowest BCUT2D eigenvalue weighted by Crippen LogP contribution is -2.54. The maximum atomic E-state index is 13.0. The second kappa shape index (κ2) is 10.1. The first-order valence-corrected chi connectivity index (χ1v) is 10.4. The number of barbiturate groups is 1. The summed E-state index contributed by atoms with van der Waals surface area (Å²) in [4.78, 5) is 38.5. The van der Waals surface area contributed by atoms with E-state index < -0.39 is 17.8 Å².